The van der Waals surface area contributed by atoms with Crippen LogP contribution < -0.4 is 0 Å². The van der Waals surface area contributed by atoms with E-state index in [1.54, 1.807) is 19.9 Å². The minimum Gasteiger partial charge on any atom is -0.207 e. The normalized spacial score (nSPS) is 10.3. The average Bonchev–Trinajstić information content (AvgIpc) is 2.72. The molecule has 3 aromatic rings. The van der Waals surface area contributed by atoms with E-state index in [1.165, 1.54) is 30.3 Å². The van der Waals surface area contributed by atoms with Crippen LogP contribution in [0.5, 0.6) is 0 Å². The number of rotatable bonds is 3. The van der Waals surface area contributed by atoms with Gasteiger partial charge in [0.25, 0.3) is 0 Å². The van der Waals surface area contributed by atoms with Gasteiger partial charge < -0.3 is 0 Å². The summed E-state index contributed by atoms with van der Waals surface area (Å²) in [4.78, 5) is 0. The third-order valence-corrected chi connectivity index (χ3v) is 4.76. The van der Waals surface area contributed by atoms with E-state index in [0.717, 1.165) is 18.2 Å². The van der Waals surface area contributed by atoms with E-state index in [-0.39, 0.29) is 42.4 Å². The molecule has 0 saturated carbocycles. The fourth-order valence-electron chi connectivity index (χ4n) is 2.99. The van der Waals surface area contributed by atoms with Gasteiger partial charge in [0, 0.05) is 5.56 Å². The zero-order chi connectivity index (χ0) is 25.3. The standard InChI is InChI=1S/3C9H10F2.CH4/c1-6(2)8-5-7(10)3-4-9(8)11;1-6(2)9-7(10)4-3-5-8(9)11;1-6(2)7-4-3-5-8(10)9(7)11;/h3*3-6H,1-2H3;1H4. The lowest BCUT2D eigenvalue weighted by molar-refractivity contribution is 0.494. The third kappa shape index (κ3) is 9.24. The molecule has 0 radical (unpaired) electrons. The first-order chi connectivity index (χ1) is 15.4. The van der Waals surface area contributed by atoms with Gasteiger partial charge in [0.2, 0.25) is 0 Å². The Morgan fingerprint density at radius 1 is 0.500 bits per heavy atom. The van der Waals surface area contributed by atoms with Crippen molar-refractivity contribution in [1.82, 2.24) is 0 Å². The van der Waals surface area contributed by atoms with E-state index in [2.05, 4.69) is 0 Å². The van der Waals surface area contributed by atoms with Crippen LogP contribution in [0.4, 0.5) is 26.3 Å². The number of halogens is 6. The molecule has 188 valence electrons. The highest BCUT2D eigenvalue weighted by Crippen LogP contribution is 2.21. The summed E-state index contributed by atoms with van der Waals surface area (Å²) in [6.45, 7) is 10.9. The number of benzene rings is 3. The fourth-order valence-corrected chi connectivity index (χ4v) is 2.99. The van der Waals surface area contributed by atoms with Crippen LogP contribution >= 0.6 is 0 Å². The molecule has 0 saturated heterocycles. The molecule has 34 heavy (non-hydrogen) atoms. The molecule has 3 aromatic carbocycles. The summed E-state index contributed by atoms with van der Waals surface area (Å²) < 4.78 is 76.6. The summed E-state index contributed by atoms with van der Waals surface area (Å²) >= 11 is 0. The second-order valence-electron chi connectivity index (χ2n) is 8.41. The molecule has 0 fully saturated rings. The molecule has 0 aliphatic rings. The van der Waals surface area contributed by atoms with Crippen LogP contribution in [0.1, 0.15) is 83.4 Å². The Balaban J connectivity index is 0.000000473. The molecule has 0 bridgehead atoms. The molecule has 0 aromatic heterocycles. The van der Waals surface area contributed by atoms with E-state index in [0.29, 0.717) is 11.1 Å². The molecule has 0 amide bonds. The smallest absolute Gasteiger partial charge is 0.162 e. The van der Waals surface area contributed by atoms with Gasteiger partial charge in [0.05, 0.1) is 0 Å². The van der Waals surface area contributed by atoms with E-state index < -0.39 is 23.3 Å². The van der Waals surface area contributed by atoms with Crippen LogP contribution in [0, 0.1) is 34.9 Å². The van der Waals surface area contributed by atoms with Gasteiger partial charge in [-0.2, -0.15) is 0 Å². The summed E-state index contributed by atoms with van der Waals surface area (Å²) in [6, 6.07) is 11.7. The second-order valence-corrected chi connectivity index (χ2v) is 8.41. The Labute approximate surface area is 199 Å². The maximum atomic E-state index is 12.9. The van der Waals surface area contributed by atoms with Crippen molar-refractivity contribution in [2.24, 2.45) is 0 Å². The van der Waals surface area contributed by atoms with Crippen LogP contribution in [-0.4, -0.2) is 0 Å². The summed E-state index contributed by atoms with van der Waals surface area (Å²) in [5, 5.41) is 0. The minimum absolute atomic E-state index is 0. The van der Waals surface area contributed by atoms with Gasteiger partial charge in [0.15, 0.2) is 11.6 Å². The van der Waals surface area contributed by atoms with Gasteiger partial charge in [0.1, 0.15) is 23.3 Å². The van der Waals surface area contributed by atoms with Crippen molar-refractivity contribution >= 4 is 0 Å². The van der Waals surface area contributed by atoms with Crippen LogP contribution in [-0.2, 0) is 0 Å². The molecule has 0 heterocycles. The fraction of sp³-hybridized carbons (Fsp3) is 0.357. The second kappa shape index (κ2) is 14.5. The first-order valence-electron chi connectivity index (χ1n) is 10.7. The number of hydrogen-bond donors (Lipinski definition) is 0. The lowest BCUT2D eigenvalue weighted by atomic mass is 10.0. The monoisotopic (exact) mass is 484 g/mol. The van der Waals surface area contributed by atoms with E-state index in [9.17, 15) is 26.3 Å². The Hall–Kier alpha value is -2.76. The molecule has 0 nitrogen and oxygen atoms in total. The maximum Gasteiger partial charge on any atom is 0.162 e. The molecule has 0 N–H and O–H groups in total. The van der Waals surface area contributed by atoms with Crippen LogP contribution in [0.3, 0.4) is 0 Å². The van der Waals surface area contributed by atoms with Crippen molar-refractivity contribution in [2.75, 3.05) is 0 Å². The molecule has 6 heteroatoms. The Morgan fingerprint density at radius 2 is 0.971 bits per heavy atom. The Kier molecular flexibility index (Phi) is 13.3. The topological polar surface area (TPSA) is 0 Å². The van der Waals surface area contributed by atoms with Gasteiger partial charge in [-0.1, -0.05) is 67.2 Å². The van der Waals surface area contributed by atoms with Gasteiger partial charge in [-0.05, 0) is 65.3 Å². The van der Waals surface area contributed by atoms with Crippen molar-refractivity contribution in [2.45, 2.75) is 66.7 Å². The highest BCUT2D eigenvalue weighted by molar-refractivity contribution is 5.23. The molecular formula is C28H34F6. The summed E-state index contributed by atoms with van der Waals surface area (Å²) in [5.41, 5.74) is 1.04. The van der Waals surface area contributed by atoms with Crippen molar-refractivity contribution in [1.29, 1.82) is 0 Å². The van der Waals surface area contributed by atoms with Crippen LogP contribution in [0.25, 0.3) is 0 Å². The van der Waals surface area contributed by atoms with Gasteiger partial charge in [-0.25, -0.2) is 26.3 Å². The average molecular weight is 485 g/mol. The molecule has 0 atom stereocenters. The zero-order valence-corrected chi connectivity index (χ0v) is 19.7. The largest absolute Gasteiger partial charge is 0.207 e. The number of hydrogen-bond acceptors (Lipinski definition) is 0. The van der Waals surface area contributed by atoms with E-state index in [1.807, 2.05) is 27.7 Å². The quantitative estimate of drug-likeness (QED) is 0.325. The molecule has 3 rings (SSSR count). The first-order valence-corrected chi connectivity index (χ1v) is 10.7. The zero-order valence-electron chi connectivity index (χ0n) is 19.7. The molecular weight excluding hydrogens is 450 g/mol. The predicted octanol–water partition coefficient (Wildman–Crippen LogP) is 9.90. The van der Waals surface area contributed by atoms with Crippen molar-refractivity contribution in [3.8, 4) is 0 Å². The predicted molar refractivity (Wildman–Crippen MR) is 128 cm³/mol. The van der Waals surface area contributed by atoms with Crippen molar-refractivity contribution < 1.29 is 26.3 Å². The summed E-state index contributed by atoms with van der Waals surface area (Å²) in [6.07, 6.45) is 0. The van der Waals surface area contributed by atoms with Crippen LogP contribution in [0.2, 0.25) is 0 Å². The first kappa shape index (κ1) is 31.2. The molecule has 0 aliphatic heterocycles. The molecule has 0 aliphatic carbocycles. The minimum atomic E-state index is -0.767. The lowest BCUT2D eigenvalue weighted by Gasteiger charge is -2.06. The Morgan fingerprint density at radius 3 is 1.35 bits per heavy atom. The van der Waals surface area contributed by atoms with Gasteiger partial charge >= 0.3 is 0 Å². The lowest BCUT2D eigenvalue weighted by Crippen LogP contribution is -1.96. The third-order valence-electron chi connectivity index (χ3n) is 4.76. The van der Waals surface area contributed by atoms with Gasteiger partial charge in [-0.3, -0.25) is 0 Å². The molecule has 0 unspecified atom stereocenters. The summed E-state index contributed by atoms with van der Waals surface area (Å²) in [5.74, 6) is -3.15. The van der Waals surface area contributed by atoms with E-state index >= 15 is 0 Å². The van der Waals surface area contributed by atoms with Crippen LogP contribution in [0.15, 0.2) is 54.6 Å². The van der Waals surface area contributed by atoms with Gasteiger partial charge in [-0.15, -0.1) is 0 Å². The Bertz CT molecular complexity index is 999. The summed E-state index contributed by atoms with van der Waals surface area (Å²) in [7, 11) is 0. The van der Waals surface area contributed by atoms with Crippen molar-refractivity contribution in [3.63, 3.8) is 0 Å². The highest BCUT2D eigenvalue weighted by Gasteiger charge is 2.11. The van der Waals surface area contributed by atoms with Crippen molar-refractivity contribution in [3.05, 3.63) is 106 Å². The highest BCUT2D eigenvalue weighted by atomic mass is 19.2. The SMILES string of the molecule is C.CC(C)c1c(F)cccc1F.CC(C)c1cc(F)ccc1F.CC(C)c1cccc(F)c1F. The molecule has 0 spiro atoms. The van der Waals surface area contributed by atoms with E-state index in [4.69, 9.17) is 0 Å². The maximum absolute atomic E-state index is 12.9.